The first-order valence-electron chi connectivity index (χ1n) is 6.08. The van der Waals surface area contributed by atoms with Gasteiger partial charge in [0.05, 0.1) is 6.10 Å². The molecule has 0 radical (unpaired) electrons. The summed E-state index contributed by atoms with van der Waals surface area (Å²) in [7, 11) is 1.92. The number of aliphatic hydroxyl groups is 1. The lowest BCUT2D eigenvalue weighted by molar-refractivity contribution is 0.0595. The molecule has 0 amide bonds. The smallest absolute Gasteiger partial charge is 0.124 e. The summed E-state index contributed by atoms with van der Waals surface area (Å²) >= 11 is 0. The standard InChI is InChI=1S/C14H23NO2/c1-9-6-7-13(10(2)15-5)14(8-9)17-12(4)11(3)16/h6-8,10-12,15-16H,1-5H3. The number of hydrogen-bond donors (Lipinski definition) is 2. The molecule has 0 saturated heterocycles. The largest absolute Gasteiger partial charge is 0.488 e. The van der Waals surface area contributed by atoms with Crippen LogP contribution >= 0.6 is 0 Å². The molecule has 0 heterocycles. The molecule has 0 aliphatic rings. The van der Waals surface area contributed by atoms with E-state index in [0.717, 1.165) is 16.9 Å². The van der Waals surface area contributed by atoms with Crippen LogP contribution in [0.3, 0.4) is 0 Å². The number of ether oxygens (including phenoxy) is 1. The van der Waals surface area contributed by atoms with Gasteiger partial charge in [0, 0.05) is 11.6 Å². The van der Waals surface area contributed by atoms with Crippen LogP contribution < -0.4 is 10.1 Å². The first kappa shape index (κ1) is 14.0. The highest BCUT2D eigenvalue weighted by molar-refractivity contribution is 5.39. The second kappa shape index (κ2) is 6.03. The molecule has 0 aliphatic carbocycles. The number of aryl methyl sites for hydroxylation is 1. The highest BCUT2D eigenvalue weighted by Crippen LogP contribution is 2.27. The lowest BCUT2D eigenvalue weighted by Gasteiger charge is -2.22. The van der Waals surface area contributed by atoms with Gasteiger partial charge in [0.2, 0.25) is 0 Å². The van der Waals surface area contributed by atoms with Crippen molar-refractivity contribution < 1.29 is 9.84 Å². The fraction of sp³-hybridized carbons (Fsp3) is 0.571. The van der Waals surface area contributed by atoms with Crippen LogP contribution in [0.5, 0.6) is 5.75 Å². The monoisotopic (exact) mass is 237 g/mol. The van der Waals surface area contributed by atoms with Crippen LogP contribution in [0.25, 0.3) is 0 Å². The minimum atomic E-state index is -0.478. The maximum absolute atomic E-state index is 9.50. The fourth-order valence-corrected chi connectivity index (χ4v) is 1.56. The van der Waals surface area contributed by atoms with Gasteiger partial charge in [-0.1, -0.05) is 12.1 Å². The van der Waals surface area contributed by atoms with Crippen LogP contribution in [0.15, 0.2) is 18.2 Å². The predicted octanol–water partition coefficient (Wildman–Crippen LogP) is 2.42. The quantitative estimate of drug-likeness (QED) is 0.826. The van der Waals surface area contributed by atoms with Gasteiger partial charge in [0.1, 0.15) is 11.9 Å². The molecule has 3 unspecified atom stereocenters. The average molecular weight is 237 g/mol. The number of benzene rings is 1. The lowest BCUT2D eigenvalue weighted by Crippen LogP contribution is -2.26. The van der Waals surface area contributed by atoms with E-state index in [1.807, 2.05) is 27.0 Å². The Bertz CT molecular complexity index is 363. The van der Waals surface area contributed by atoms with Gasteiger partial charge in [-0.05, 0) is 46.4 Å². The minimum Gasteiger partial charge on any atom is -0.488 e. The lowest BCUT2D eigenvalue weighted by atomic mass is 10.0. The van der Waals surface area contributed by atoms with Crippen molar-refractivity contribution in [2.45, 2.75) is 45.9 Å². The van der Waals surface area contributed by atoms with E-state index in [4.69, 9.17) is 4.74 Å². The molecule has 0 bridgehead atoms. The van der Waals surface area contributed by atoms with Gasteiger partial charge in [-0.15, -0.1) is 0 Å². The molecule has 0 aromatic heterocycles. The molecular formula is C14H23NO2. The Morgan fingerprint density at radius 1 is 1.24 bits per heavy atom. The molecule has 0 spiro atoms. The first-order valence-corrected chi connectivity index (χ1v) is 6.08. The minimum absolute atomic E-state index is 0.209. The van der Waals surface area contributed by atoms with Crippen molar-refractivity contribution in [3.8, 4) is 5.75 Å². The number of rotatable bonds is 5. The Balaban J connectivity index is 2.98. The SMILES string of the molecule is CNC(C)c1ccc(C)cc1OC(C)C(C)O. The van der Waals surface area contributed by atoms with Crippen molar-refractivity contribution in [1.29, 1.82) is 0 Å². The molecule has 3 nitrogen and oxygen atoms in total. The van der Waals surface area contributed by atoms with Gasteiger partial charge < -0.3 is 15.2 Å². The number of hydrogen-bond acceptors (Lipinski definition) is 3. The first-order chi connectivity index (χ1) is 7.95. The molecule has 1 rings (SSSR count). The van der Waals surface area contributed by atoms with Crippen LogP contribution in [0.2, 0.25) is 0 Å². The number of aliphatic hydroxyl groups excluding tert-OH is 1. The Kier molecular flexibility index (Phi) is 4.97. The predicted molar refractivity (Wildman–Crippen MR) is 70.4 cm³/mol. The van der Waals surface area contributed by atoms with Crippen LogP contribution in [0.4, 0.5) is 0 Å². The van der Waals surface area contributed by atoms with Gasteiger partial charge in [-0.2, -0.15) is 0 Å². The normalized spacial score (nSPS) is 16.4. The van der Waals surface area contributed by atoms with E-state index in [1.54, 1.807) is 6.92 Å². The van der Waals surface area contributed by atoms with Crippen LogP contribution in [-0.2, 0) is 0 Å². The van der Waals surface area contributed by atoms with Gasteiger partial charge in [-0.3, -0.25) is 0 Å². The van der Waals surface area contributed by atoms with Gasteiger partial charge in [0.15, 0.2) is 0 Å². The van der Waals surface area contributed by atoms with Crippen molar-refractivity contribution >= 4 is 0 Å². The molecule has 0 saturated carbocycles. The summed E-state index contributed by atoms with van der Waals surface area (Å²) < 4.78 is 5.82. The van der Waals surface area contributed by atoms with E-state index in [1.165, 1.54) is 0 Å². The Morgan fingerprint density at radius 3 is 2.41 bits per heavy atom. The summed E-state index contributed by atoms with van der Waals surface area (Å²) in [5.41, 5.74) is 2.27. The van der Waals surface area contributed by atoms with Crippen LogP contribution in [0.1, 0.15) is 37.9 Å². The van der Waals surface area contributed by atoms with E-state index in [9.17, 15) is 5.11 Å². The Labute approximate surface area is 104 Å². The van der Waals surface area contributed by atoms with Crippen molar-refractivity contribution in [2.75, 3.05) is 7.05 Å². The summed E-state index contributed by atoms with van der Waals surface area (Å²) in [6, 6.07) is 6.39. The molecule has 0 fully saturated rings. The highest BCUT2D eigenvalue weighted by atomic mass is 16.5. The summed E-state index contributed by atoms with van der Waals surface area (Å²) in [6.07, 6.45) is -0.687. The maximum atomic E-state index is 9.50. The van der Waals surface area contributed by atoms with Gasteiger partial charge in [0.25, 0.3) is 0 Å². The average Bonchev–Trinajstić information content (AvgIpc) is 2.28. The van der Waals surface area contributed by atoms with E-state index < -0.39 is 6.10 Å². The zero-order valence-corrected chi connectivity index (χ0v) is 11.3. The Morgan fingerprint density at radius 2 is 1.88 bits per heavy atom. The topological polar surface area (TPSA) is 41.5 Å². The Hall–Kier alpha value is -1.06. The van der Waals surface area contributed by atoms with E-state index in [0.29, 0.717) is 0 Å². The second-order valence-electron chi connectivity index (χ2n) is 4.62. The van der Waals surface area contributed by atoms with Gasteiger partial charge >= 0.3 is 0 Å². The van der Waals surface area contributed by atoms with Crippen molar-refractivity contribution in [2.24, 2.45) is 0 Å². The molecule has 3 atom stereocenters. The molecule has 17 heavy (non-hydrogen) atoms. The van der Waals surface area contributed by atoms with E-state index in [2.05, 4.69) is 24.4 Å². The zero-order valence-electron chi connectivity index (χ0n) is 11.3. The summed E-state index contributed by atoms with van der Waals surface area (Å²) in [4.78, 5) is 0. The molecule has 1 aromatic carbocycles. The van der Waals surface area contributed by atoms with E-state index >= 15 is 0 Å². The molecule has 1 aromatic rings. The molecular weight excluding hydrogens is 214 g/mol. The third kappa shape index (κ3) is 3.72. The van der Waals surface area contributed by atoms with Crippen LogP contribution in [0, 0.1) is 6.92 Å². The maximum Gasteiger partial charge on any atom is 0.124 e. The molecule has 96 valence electrons. The van der Waals surface area contributed by atoms with Gasteiger partial charge in [-0.25, -0.2) is 0 Å². The van der Waals surface area contributed by atoms with E-state index in [-0.39, 0.29) is 12.1 Å². The second-order valence-corrected chi connectivity index (χ2v) is 4.62. The summed E-state index contributed by atoms with van der Waals surface area (Å²) in [5.74, 6) is 0.847. The molecule has 0 aliphatic heterocycles. The molecule has 2 N–H and O–H groups in total. The third-order valence-corrected chi connectivity index (χ3v) is 3.06. The fourth-order valence-electron chi connectivity index (χ4n) is 1.56. The third-order valence-electron chi connectivity index (χ3n) is 3.06. The zero-order chi connectivity index (χ0) is 13.0. The van der Waals surface area contributed by atoms with Crippen molar-refractivity contribution in [3.63, 3.8) is 0 Å². The summed E-state index contributed by atoms with van der Waals surface area (Å²) in [5, 5.41) is 12.7. The summed E-state index contributed by atoms with van der Waals surface area (Å²) in [6.45, 7) is 7.74. The van der Waals surface area contributed by atoms with Crippen LogP contribution in [-0.4, -0.2) is 24.4 Å². The molecule has 3 heteroatoms. The van der Waals surface area contributed by atoms with Crippen molar-refractivity contribution in [3.05, 3.63) is 29.3 Å². The van der Waals surface area contributed by atoms with Crippen molar-refractivity contribution in [1.82, 2.24) is 5.32 Å². The highest BCUT2D eigenvalue weighted by Gasteiger charge is 2.15. The number of nitrogens with one attached hydrogen (secondary N) is 1.